The highest BCUT2D eigenvalue weighted by Gasteiger charge is 2.23. The van der Waals surface area contributed by atoms with Gasteiger partial charge in [0.05, 0.1) is 11.4 Å². The molecule has 0 bridgehead atoms. The van der Waals surface area contributed by atoms with Crippen molar-refractivity contribution in [3.05, 3.63) is 60.2 Å². The van der Waals surface area contributed by atoms with Gasteiger partial charge in [0, 0.05) is 18.7 Å². The van der Waals surface area contributed by atoms with Crippen LogP contribution in [0.2, 0.25) is 0 Å². The van der Waals surface area contributed by atoms with Crippen molar-refractivity contribution < 1.29 is 8.42 Å². The summed E-state index contributed by atoms with van der Waals surface area (Å²) < 4.78 is 29.3. The Labute approximate surface area is 170 Å². The standard InChI is InChI=1S/C20H24N4O2S2/c1-4-23(5-2)28(25,26)18-13-9-12-17(14-18)19-21-22-20(27-3)24(19)15-16-10-7-6-8-11-16/h6-14H,4-5,15H2,1-3H3. The van der Waals surface area contributed by atoms with Crippen molar-refractivity contribution in [1.82, 2.24) is 19.1 Å². The number of hydrogen-bond acceptors (Lipinski definition) is 5. The van der Waals surface area contributed by atoms with E-state index in [0.29, 0.717) is 25.5 Å². The zero-order chi connectivity index (χ0) is 20.1. The minimum Gasteiger partial charge on any atom is -0.298 e. The number of rotatable bonds is 8. The van der Waals surface area contributed by atoms with E-state index in [0.717, 1.165) is 16.3 Å². The van der Waals surface area contributed by atoms with Gasteiger partial charge in [0.2, 0.25) is 10.0 Å². The molecule has 6 nitrogen and oxygen atoms in total. The molecule has 148 valence electrons. The topological polar surface area (TPSA) is 68.1 Å². The maximum Gasteiger partial charge on any atom is 0.243 e. The van der Waals surface area contributed by atoms with Gasteiger partial charge in [-0.05, 0) is 24.0 Å². The zero-order valence-corrected chi connectivity index (χ0v) is 17.9. The first kappa shape index (κ1) is 20.6. The van der Waals surface area contributed by atoms with Gasteiger partial charge in [0.25, 0.3) is 0 Å². The van der Waals surface area contributed by atoms with Crippen LogP contribution in [0.4, 0.5) is 0 Å². The van der Waals surface area contributed by atoms with Crippen molar-refractivity contribution in [3.8, 4) is 11.4 Å². The Morgan fingerprint density at radius 3 is 2.36 bits per heavy atom. The first-order valence-electron chi connectivity index (χ1n) is 9.13. The molecular formula is C20H24N4O2S2. The molecule has 0 aliphatic heterocycles. The van der Waals surface area contributed by atoms with Crippen LogP contribution in [0.25, 0.3) is 11.4 Å². The van der Waals surface area contributed by atoms with Crippen LogP contribution in [0.3, 0.4) is 0 Å². The summed E-state index contributed by atoms with van der Waals surface area (Å²) in [5, 5.41) is 9.42. The van der Waals surface area contributed by atoms with Crippen LogP contribution in [0.15, 0.2) is 64.6 Å². The maximum atomic E-state index is 12.9. The van der Waals surface area contributed by atoms with Gasteiger partial charge in [-0.2, -0.15) is 4.31 Å². The molecule has 0 radical (unpaired) electrons. The molecule has 3 rings (SSSR count). The van der Waals surface area contributed by atoms with Crippen molar-refractivity contribution in [3.63, 3.8) is 0 Å². The van der Waals surface area contributed by atoms with Crippen LogP contribution in [-0.2, 0) is 16.6 Å². The second kappa shape index (κ2) is 8.89. The highest BCUT2D eigenvalue weighted by Crippen LogP contribution is 2.27. The minimum atomic E-state index is -3.53. The van der Waals surface area contributed by atoms with Crippen LogP contribution in [-0.4, -0.2) is 46.8 Å². The van der Waals surface area contributed by atoms with E-state index in [-0.39, 0.29) is 4.90 Å². The van der Waals surface area contributed by atoms with E-state index in [1.54, 1.807) is 18.2 Å². The molecule has 0 fully saturated rings. The fourth-order valence-electron chi connectivity index (χ4n) is 3.07. The Morgan fingerprint density at radius 2 is 1.71 bits per heavy atom. The molecule has 1 heterocycles. The van der Waals surface area contributed by atoms with Gasteiger partial charge in [-0.25, -0.2) is 8.42 Å². The summed E-state index contributed by atoms with van der Waals surface area (Å²) in [6.45, 7) is 5.17. The monoisotopic (exact) mass is 416 g/mol. The highest BCUT2D eigenvalue weighted by molar-refractivity contribution is 7.98. The quantitative estimate of drug-likeness (QED) is 0.523. The molecule has 3 aromatic rings. The molecule has 0 aliphatic rings. The van der Waals surface area contributed by atoms with Gasteiger partial charge >= 0.3 is 0 Å². The summed E-state index contributed by atoms with van der Waals surface area (Å²) in [5.74, 6) is 0.657. The molecule has 0 atom stereocenters. The van der Waals surface area contributed by atoms with Crippen molar-refractivity contribution in [2.24, 2.45) is 0 Å². The predicted molar refractivity (Wildman–Crippen MR) is 113 cm³/mol. The van der Waals surface area contributed by atoms with Gasteiger partial charge < -0.3 is 0 Å². The third kappa shape index (κ3) is 4.14. The van der Waals surface area contributed by atoms with Crippen molar-refractivity contribution >= 4 is 21.8 Å². The first-order chi connectivity index (χ1) is 13.5. The molecule has 2 aromatic carbocycles. The van der Waals surface area contributed by atoms with E-state index in [9.17, 15) is 8.42 Å². The smallest absolute Gasteiger partial charge is 0.243 e. The van der Waals surface area contributed by atoms with Gasteiger partial charge in [-0.3, -0.25) is 4.57 Å². The first-order valence-corrected chi connectivity index (χ1v) is 11.8. The summed E-state index contributed by atoms with van der Waals surface area (Å²) in [7, 11) is -3.53. The van der Waals surface area contributed by atoms with E-state index in [4.69, 9.17) is 0 Å². The Morgan fingerprint density at radius 1 is 1.00 bits per heavy atom. The van der Waals surface area contributed by atoms with Crippen LogP contribution >= 0.6 is 11.8 Å². The molecular weight excluding hydrogens is 392 g/mol. The summed E-state index contributed by atoms with van der Waals surface area (Å²) >= 11 is 1.51. The lowest BCUT2D eigenvalue weighted by molar-refractivity contribution is 0.445. The molecule has 0 amide bonds. The normalized spacial score (nSPS) is 11.9. The Balaban J connectivity index is 2.04. The highest BCUT2D eigenvalue weighted by atomic mass is 32.2. The Hall–Kier alpha value is -2.16. The lowest BCUT2D eigenvalue weighted by atomic mass is 10.2. The van der Waals surface area contributed by atoms with Crippen LogP contribution < -0.4 is 0 Å². The molecule has 28 heavy (non-hydrogen) atoms. The number of benzene rings is 2. The third-order valence-corrected chi connectivity index (χ3v) is 7.23. The number of aromatic nitrogens is 3. The molecule has 0 saturated carbocycles. The number of hydrogen-bond donors (Lipinski definition) is 0. The van der Waals surface area contributed by atoms with E-state index < -0.39 is 10.0 Å². The second-order valence-corrected chi connectivity index (χ2v) is 8.91. The molecule has 0 saturated heterocycles. The molecule has 0 spiro atoms. The van der Waals surface area contributed by atoms with Crippen molar-refractivity contribution in [2.45, 2.75) is 30.4 Å². The lowest BCUT2D eigenvalue weighted by Crippen LogP contribution is -2.30. The van der Waals surface area contributed by atoms with Crippen molar-refractivity contribution in [1.29, 1.82) is 0 Å². The lowest BCUT2D eigenvalue weighted by Gasteiger charge is -2.18. The Kier molecular flexibility index (Phi) is 6.53. The third-order valence-electron chi connectivity index (χ3n) is 4.52. The van der Waals surface area contributed by atoms with Crippen molar-refractivity contribution in [2.75, 3.05) is 19.3 Å². The second-order valence-electron chi connectivity index (χ2n) is 6.20. The molecule has 8 heteroatoms. The Bertz CT molecular complexity index is 1030. The van der Waals surface area contributed by atoms with E-state index in [1.165, 1.54) is 16.1 Å². The minimum absolute atomic E-state index is 0.272. The number of thioether (sulfide) groups is 1. The van der Waals surface area contributed by atoms with E-state index >= 15 is 0 Å². The van der Waals surface area contributed by atoms with Gasteiger partial charge in [-0.15, -0.1) is 10.2 Å². The number of nitrogens with zero attached hydrogens (tertiary/aromatic N) is 4. The van der Waals surface area contributed by atoms with Crippen LogP contribution in [0.1, 0.15) is 19.4 Å². The number of sulfonamides is 1. The summed E-state index contributed by atoms with van der Waals surface area (Å²) in [5.41, 5.74) is 1.86. The fourth-order valence-corrected chi connectivity index (χ4v) is 5.07. The van der Waals surface area contributed by atoms with E-state index in [2.05, 4.69) is 22.3 Å². The summed E-state index contributed by atoms with van der Waals surface area (Å²) in [6, 6.07) is 17.0. The van der Waals surface area contributed by atoms with Gasteiger partial charge in [-0.1, -0.05) is 68.1 Å². The molecule has 0 N–H and O–H groups in total. The van der Waals surface area contributed by atoms with Crippen LogP contribution in [0, 0.1) is 0 Å². The SMILES string of the molecule is CCN(CC)S(=O)(=O)c1cccc(-c2nnc(SC)n2Cc2ccccc2)c1. The fraction of sp³-hybridized carbons (Fsp3) is 0.300. The zero-order valence-electron chi connectivity index (χ0n) is 16.2. The average Bonchev–Trinajstić information content (AvgIpc) is 3.12. The predicted octanol–water partition coefficient (Wildman–Crippen LogP) is 3.75. The molecule has 1 aromatic heterocycles. The molecule has 0 aliphatic carbocycles. The van der Waals surface area contributed by atoms with E-state index in [1.807, 2.05) is 48.9 Å². The molecule has 0 unspecified atom stereocenters. The summed E-state index contributed by atoms with van der Waals surface area (Å²) in [6.07, 6.45) is 1.95. The average molecular weight is 417 g/mol. The largest absolute Gasteiger partial charge is 0.298 e. The van der Waals surface area contributed by atoms with Crippen LogP contribution in [0.5, 0.6) is 0 Å². The maximum absolute atomic E-state index is 12.9. The summed E-state index contributed by atoms with van der Waals surface area (Å²) in [4.78, 5) is 0.272. The van der Waals surface area contributed by atoms with Gasteiger partial charge in [0.15, 0.2) is 11.0 Å². The van der Waals surface area contributed by atoms with Gasteiger partial charge in [0.1, 0.15) is 0 Å².